The van der Waals surface area contributed by atoms with Crippen molar-refractivity contribution in [1.82, 2.24) is 4.98 Å². The summed E-state index contributed by atoms with van der Waals surface area (Å²) in [5, 5.41) is 9.11. The van der Waals surface area contributed by atoms with Gasteiger partial charge in [-0.25, -0.2) is 4.98 Å². The van der Waals surface area contributed by atoms with Crippen LogP contribution in [-0.2, 0) is 0 Å². The summed E-state index contributed by atoms with van der Waals surface area (Å²) in [6.45, 7) is 5.00. The Balaban J connectivity index is 1.54. The molecule has 2 heterocycles. The summed E-state index contributed by atoms with van der Waals surface area (Å²) in [6, 6.07) is 12.0. The number of aromatic nitrogens is 1. The van der Waals surface area contributed by atoms with Crippen LogP contribution in [0.15, 0.2) is 52.3 Å². The van der Waals surface area contributed by atoms with Crippen LogP contribution in [0.2, 0.25) is 0 Å². The van der Waals surface area contributed by atoms with Crippen molar-refractivity contribution in [2.75, 3.05) is 12.0 Å². The zero-order chi connectivity index (χ0) is 16.8. The van der Waals surface area contributed by atoms with E-state index in [9.17, 15) is 0 Å². The third-order valence-corrected chi connectivity index (χ3v) is 4.75. The van der Waals surface area contributed by atoms with Crippen molar-refractivity contribution in [2.24, 2.45) is 11.0 Å². The molecule has 0 radical (unpaired) electrons. The quantitative estimate of drug-likeness (QED) is 0.458. The van der Waals surface area contributed by atoms with E-state index in [1.807, 2.05) is 35.7 Å². The summed E-state index contributed by atoms with van der Waals surface area (Å²) in [5.74, 6) is 1.40. The molecule has 0 aliphatic heterocycles. The highest BCUT2D eigenvalue weighted by molar-refractivity contribution is 7.15. The molecule has 124 valence electrons. The summed E-state index contributed by atoms with van der Waals surface area (Å²) in [5.41, 5.74) is 4.97. The zero-order valence-corrected chi connectivity index (χ0v) is 15.2. The summed E-state index contributed by atoms with van der Waals surface area (Å²) < 4.78 is 5.67. The molecule has 0 amide bonds. The van der Waals surface area contributed by atoms with Gasteiger partial charge in [0.25, 0.3) is 0 Å². The van der Waals surface area contributed by atoms with E-state index < -0.39 is 0 Å². The number of hydrazone groups is 1. The lowest BCUT2D eigenvalue weighted by Crippen LogP contribution is -2.04. The van der Waals surface area contributed by atoms with E-state index >= 15 is 0 Å². The van der Waals surface area contributed by atoms with Gasteiger partial charge >= 0.3 is 0 Å². The number of anilines is 1. The molecule has 4 nitrogen and oxygen atoms in total. The van der Waals surface area contributed by atoms with Crippen LogP contribution in [-0.4, -0.2) is 17.8 Å². The molecule has 2 aromatic heterocycles. The summed E-state index contributed by atoms with van der Waals surface area (Å²) in [4.78, 5) is 5.69. The van der Waals surface area contributed by atoms with Gasteiger partial charge in [0, 0.05) is 5.38 Å². The Hall–Kier alpha value is -2.18. The molecule has 1 aromatic carbocycles. The first-order valence-electron chi connectivity index (χ1n) is 7.72. The van der Waals surface area contributed by atoms with Crippen LogP contribution >= 0.6 is 22.7 Å². The minimum absolute atomic E-state index is 0.521. The number of hydrogen-bond donors (Lipinski definition) is 1. The fraction of sp³-hybridized carbons (Fsp3) is 0.222. The topological polar surface area (TPSA) is 46.5 Å². The van der Waals surface area contributed by atoms with Gasteiger partial charge < -0.3 is 4.74 Å². The summed E-state index contributed by atoms with van der Waals surface area (Å²) in [6.07, 6.45) is 1.78. The molecule has 0 atom stereocenters. The highest BCUT2D eigenvalue weighted by atomic mass is 32.1. The number of thiazole rings is 1. The van der Waals surface area contributed by atoms with Crippen LogP contribution in [0.4, 0.5) is 5.13 Å². The van der Waals surface area contributed by atoms with Gasteiger partial charge in [-0.1, -0.05) is 19.9 Å². The number of thiophene rings is 1. The van der Waals surface area contributed by atoms with Crippen molar-refractivity contribution in [1.29, 1.82) is 0 Å². The average Bonchev–Trinajstić information content (AvgIpc) is 3.25. The molecule has 3 rings (SSSR count). The Bertz CT molecular complexity index is 777. The largest absolute Gasteiger partial charge is 0.493 e. The van der Waals surface area contributed by atoms with Crippen LogP contribution in [0.3, 0.4) is 0 Å². The molecule has 0 saturated carbocycles. The lowest BCUT2D eigenvalue weighted by molar-refractivity contribution is 0.271. The molecule has 0 spiro atoms. The van der Waals surface area contributed by atoms with E-state index in [1.54, 1.807) is 28.9 Å². The standard InChI is InChI=1S/C18H19N3OS2/c1-13(2)11-22-15-7-5-14(6-8-15)10-19-21-18-20-16(12-24-18)17-4-3-9-23-17/h3-10,12-13H,11H2,1-2H3,(H,20,21)/b19-10-. The zero-order valence-electron chi connectivity index (χ0n) is 13.6. The molecule has 0 aliphatic carbocycles. The van der Waals surface area contributed by atoms with Gasteiger partial charge in [0.05, 0.1) is 23.4 Å². The van der Waals surface area contributed by atoms with Crippen LogP contribution in [0.25, 0.3) is 10.6 Å². The third kappa shape index (κ3) is 4.66. The predicted molar refractivity (Wildman–Crippen MR) is 103 cm³/mol. The lowest BCUT2D eigenvalue weighted by Gasteiger charge is -2.08. The highest BCUT2D eigenvalue weighted by Gasteiger charge is 2.04. The predicted octanol–water partition coefficient (Wildman–Crippen LogP) is 5.35. The first-order chi connectivity index (χ1) is 11.7. The van der Waals surface area contributed by atoms with Gasteiger partial charge in [-0.15, -0.1) is 22.7 Å². The Labute approximate surface area is 149 Å². The van der Waals surface area contributed by atoms with Crippen LogP contribution in [0.5, 0.6) is 5.75 Å². The Morgan fingerprint density at radius 3 is 2.75 bits per heavy atom. The SMILES string of the molecule is CC(C)COc1ccc(/C=N\Nc2nc(-c3cccs3)cs2)cc1. The van der Waals surface area contributed by atoms with E-state index in [2.05, 4.69) is 40.8 Å². The number of ether oxygens (including phenoxy) is 1. The number of hydrogen-bond acceptors (Lipinski definition) is 6. The molecule has 6 heteroatoms. The first kappa shape index (κ1) is 16.7. The molecule has 0 aliphatic rings. The molecule has 3 aromatic rings. The van der Waals surface area contributed by atoms with Gasteiger partial charge in [-0.05, 0) is 47.2 Å². The van der Waals surface area contributed by atoms with Crippen LogP contribution in [0, 0.1) is 5.92 Å². The molecule has 24 heavy (non-hydrogen) atoms. The third-order valence-electron chi connectivity index (χ3n) is 3.12. The molecule has 0 bridgehead atoms. The average molecular weight is 358 g/mol. The van der Waals surface area contributed by atoms with Crippen molar-refractivity contribution in [3.8, 4) is 16.3 Å². The smallest absolute Gasteiger partial charge is 0.203 e. The van der Waals surface area contributed by atoms with Crippen molar-refractivity contribution in [2.45, 2.75) is 13.8 Å². The second-order valence-corrected chi connectivity index (χ2v) is 7.46. The first-order valence-corrected chi connectivity index (χ1v) is 9.48. The van der Waals surface area contributed by atoms with Crippen LogP contribution < -0.4 is 10.2 Å². The summed E-state index contributed by atoms with van der Waals surface area (Å²) >= 11 is 3.23. The van der Waals surface area contributed by atoms with Crippen molar-refractivity contribution in [3.63, 3.8) is 0 Å². The number of rotatable bonds is 7. The number of benzene rings is 1. The van der Waals surface area contributed by atoms with Crippen molar-refractivity contribution < 1.29 is 4.74 Å². The van der Waals surface area contributed by atoms with Gasteiger partial charge in [-0.2, -0.15) is 5.10 Å². The molecule has 0 fully saturated rings. The number of nitrogens with one attached hydrogen (secondary N) is 1. The Kier molecular flexibility index (Phi) is 5.61. The van der Waals surface area contributed by atoms with E-state index in [-0.39, 0.29) is 0 Å². The normalized spacial score (nSPS) is 11.3. The monoisotopic (exact) mass is 357 g/mol. The van der Waals surface area contributed by atoms with Crippen LogP contribution in [0.1, 0.15) is 19.4 Å². The maximum atomic E-state index is 5.67. The van der Waals surface area contributed by atoms with E-state index in [4.69, 9.17) is 4.74 Å². The minimum atomic E-state index is 0.521. The molecule has 0 unspecified atom stereocenters. The van der Waals surface area contributed by atoms with Gasteiger partial charge in [0.15, 0.2) is 0 Å². The van der Waals surface area contributed by atoms with Crippen molar-refractivity contribution >= 4 is 34.0 Å². The fourth-order valence-corrected chi connectivity index (χ4v) is 3.36. The van der Waals surface area contributed by atoms with Gasteiger partial charge in [0.1, 0.15) is 5.75 Å². The van der Waals surface area contributed by atoms with Gasteiger partial charge in [0.2, 0.25) is 5.13 Å². The second-order valence-electron chi connectivity index (χ2n) is 5.66. The summed E-state index contributed by atoms with van der Waals surface area (Å²) in [7, 11) is 0. The van der Waals surface area contributed by atoms with E-state index in [0.717, 1.165) is 28.7 Å². The maximum absolute atomic E-state index is 5.67. The fourth-order valence-electron chi connectivity index (χ4n) is 1.94. The Morgan fingerprint density at radius 1 is 1.21 bits per heavy atom. The highest BCUT2D eigenvalue weighted by Crippen LogP contribution is 2.28. The second kappa shape index (κ2) is 8.08. The van der Waals surface area contributed by atoms with E-state index in [1.165, 1.54) is 4.88 Å². The maximum Gasteiger partial charge on any atom is 0.203 e. The molecule has 1 N–H and O–H groups in total. The molecular formula is C18H19N3OS2. The van der Waals surface area contributed by atoms with E-state index in [0.29, 0.717) is 5.92 Å². The lowest BCUT2D eigenvalue weighted by atomic mass is 10.2. The molecular weight excluding hydrogens is 338 g/mol. The van der Waals surface area contributed by atoms with Gasteiger partial charge in [-0.3, -0.25) is 5.43 Å². The number of nitrogens with zero attached hydrogens (tertiary/aromatic N) is 2. The Morgan fingerprint density at radius 2 is 2.04 bits per heavy atom. The molecule has 0 saturated heterocycles. The van der Waals surface area contributed by atoms with Crippen molar-refractivity contribution in [3.05, 3.63) is 52.7 Å². The minimum Gasteiger partial charge on any atom is -0.493 e.